The van der Waals surface area contributed by atoms with Crippen LogP contribution < -0.4 is 9.47 Å². The molecule has 1 aromatic carbocycles. The van der Waals surface area contributed by atoms with E-state index in [-0.39, 0.29) is 11.8 Å². The van der Waals surface area contributed by atoms with Gasteiger partial charge in [0.1, 0.15) is 0 Å². The SMILES string of the molecule is COc1ccc(CC(=O)N2CCN(Cc3noc(CCC(=O)N4CCC(C)CC4)n3)CC2)cc1OC. The number of ether oxygens (including phenoxy) is 2. The third-order valence-corrected chi connectivity index (χ3v) is 7.09. The van der Waals surface area contributed by atoms with Gasteiger partial charge in [-0.05, 0) is 36.5 Å². The Morgan fingerprint density at radius 3 is 2.36 bits per heavy atom. The number of nitrogens with zero attached hydrogens (tertiary/aromatic N) is 5. The Bertz CT molecular complexity index is 1030. The molecule has 0 N–H and O–H groups in total. The number of amides is 2. The molecule has 2 aliphatic heterocycles. The van der Waals surface area contributed by atoms with Gasteiger partial charge in [0.2, 0.25) is 17.7 Å². The van der Waals surface area contributed by atoms with Crippen LogP contribution >= 0.6 is 0 Å². The van der Waals surface area contributed by atoms with Gasteiger partial charge in [0, 0.05) is 52.1 Å². The van der Waals surface area contributed by atoms with Crippen molar-refractivity contribution in [3.63, 3.8) is 0 Å². The fraction of sp³-hybridized carbons (Fsp3) is 0.615. The van der Waals surface area contributed by atoms with Crippen molar-refractivity contribution in [1.82, 2.24) is 24.8 Å². The Kier molecular flexibility index (Phi) is 8.79. The Balaban J connectivity index is 1.19. The summed E-state index contributed by atoms with van der Waals surface area (Å²) in [4.78, 5) is 35.8. The van der Waals surface area contributed by atoms with Crippen LogP contribution in [-0.2, 0) is 29.0 Å². The molecule has 0 unspecified atom stereocenters. The second-order valence-corrected chi connectivity index (χ2v) is 9.69. The molecule has 2 aliphatic rings. The van der Waals surface area contributed by atoms with Gasteiger partial charge in [0.15, 0.2) is 17.3 Å². The molecule has 0 atom stereocenters. The fourth-order valence-electron chi connectivity index (χ4n) is 4.72. The average Bonchev–Trinajstić information content (AvgIpc) is 3.35. The third-order valence-electron chi connectivity index (χ3n) is 7.09. The molecule has 0 spiro atoms. The summed E-state index contributed by atoms with van der Waals surface area (Å²) in [5, 5.41) is 4.10. The number of likely N-dealkylation sites (tertiary alicyclic amines) is 1. The van der Waals surface area contributed by atoms with Gasteiger partial charge in [0.05, 0.1) is 27.2 Å². The van der Waals surface area contributed by atoms with Crippen LogP contribution in [0.1, 0.15) is 43.5 Å². The van der Waals surface area contributed by atoms with Crippen molar-refractivity contribution in [3.8, 4) is 11.5 Å². The van der Waals surface area contributed by atoms with Gasteiger partial charge < -0.3 is 23.8 Å². The molecule has 2 amide bonds. The van der Waals surface area contributed by atoms with E-state index in [0.717, 1.165) is 44.6 Å². The molecule has 1 aromatic heterocycles. The summed E-state index contributed by atoms with van der Waals surface area (Å²) in [6.07, 6.45) is 3.34. The number of hydrogen-bond donors (Lipinski definition) is 0. The van der Waals surface area contributed by atoms with E-state index in [1.54, 1.807) is 14.2 Å². The first kappa shape index (κ1) is 25.9. The van der Waals surface area contributed by atoms with Crippen molar-refractivity contribution in [3.05, 3.63) is 35.5 Å². The van der Waals surface area contributed by atoms with Crippen LogP contribution in [-0.4, -0.2) is 90.1 Å². The molecule has 0 saturated carbocycles. The maximum atomic E-state index is 12.8. The molecule has 36 heavy (non-hydrogen) atoms. The second kappa shape index (κ2) is 12.2. The maximum Gasteiger partial charge on any atom is 0.227 e. The maximum absolute atomic E-state index is 12.8. The van der Waals surface area contributed by atoms with Crippen molar-refractivity contribution >= 4 is 11.8 Å². The van der Waals surface area contributed by atoms with E-state index in [1.165, 1.54) is 0 Å². The molecule has 196 valence electrons. The number of rotatable bonds is 9. The first-order valence-corrected chi connectivity index (χ1v) is 12.8. The number of hydrogen-bond acceptors (Lipinski definition) is 8. The zero-order valence-corrected chi connectivity index (χ0v) is 21.6. The summed E-state index contributed by atoms with van der Waals surface area (Å²) >= 11 is 0. The smallest absolute Gasteiger partial charge is 0.227 e. The minimum Gasteiger partial charge on any atom is -0.493 e. The molecule has 2 fully saturated rings. The molecular formula is C26H37N5O5. The van der Waals surface area contributed by atoms with Gasteiger partial charge in [-0.15, -0.1) is 0 Å². The topological polar surface area (TPSA) is 101 Å². The lowest BCUT2D eigenvalue weighted by Crippen LogP contribution is -2.48. The number of methoxy groups -OCH3 is 2. The third kappa shape index (κ3) is 6.75. The minimum absolute atomic E-state index is 0.0940. The Morgan fingerprint density at radius 2 is 1.67 bits per heavy atom. The zero-order chi connectivity index (χ0) is 25.5. The van der Waals surface area contributed by atoms with Crippen molar-refractivity contribution in [2.75, 3.05) is 53.5 Å². The molecule has 2 aromatic rings. The molecule has 0 radical (unpaired) electrons. The lowest BCUT2D eigenvalue weighted by atomic mass is 9.99. The van der Waals surface area contributed by atoms with E-state index in [1.807, 2.05) is 28.0 Å². The van der Waals surface area contributed by atoms with Gasteiger partial charge in [-0.1, -0.05) is 18.1 Å². The standard InChI is InChI=1S/C26H37N5O5/c1-19-8-10-30(11-9-19)25(32)7-6-24-27-23(28-36-24)18-29-12-14-31(15-13-29)26(33)17-20-4-5-21(34-2)22(16-20)35-3/h4-5,16,19H,6-15,17-18H2,1-3H3. The molecule has 10 heteroatoms. The van der Waals surface area contributed by atoms with E-state index < -0.39 is 0 Å². The van der Waals surface area contributed by atoms with Crippen LogP contribution in [0.2, 0.25) is 0 Å². The number of carbonyl (C=O) groups is 2. The van der Waals surface area contributed by atoms with E-state index in [2.05, 4.69) is 22.0 Å². The molecular weight excluding hydrogens is 462 g/mol. The highest BCUT2D eigenvalue weighted by Gasteiger charge is 2.24. The zero-order valence-electron chi connectivity index (χ0n) is 21.6. The van der Waals surface area contributed by atoms with Crippen molar-refractivity contribution in [2.45, 2.75) is 45.6 Å². The van der Waals surface area contributed by atoms with E-state index in [0.29, 0.717) is 68.0 Å². The minimum atomic E-state index is 0.0940. The Hall–Kier alpha value is -3.14. The number of aromatic nitrogens is 2. The van der Waals surface area contributed by atoms with Crippen molar-refractivity contribution in [2.24, 2.45) is 5.92 Å². The summed E-state index contributed by atoms with van der Waals surface area (Å²) in [6.45, 7) is 7.29. The quantitative estimate of drug-likeness (QED) is 0.517. The largest absolute Gasteiger partial charge is 0.493 e. The summed E-state index contributed by atoms with van der Waals surface area (Å²) in [6, 6.07) is 5.56. The fourth-order valence-corrected chi connectivity index (χ4v) is 4.72. The number of carbonyl (C=O) groups excluding carboxylic acids is 2. The highest BCUT2D eigenvalue weighted by molar-refractivity contribution is 5.79. The average molecular weight is 500 g/mol. The lowest BCUT2D eigenvalue weighted by molar-refractivity contribution is -0.133. The van der Waals surface area contributed by atoms with Crippen molar-refractivity contribution < 1.29 is 23.6 Å². The van der Waals surface area contributed by atoms with Crippen LogP contribution in [0.4, 0.5) is 0 Å². The van der Waals surface area contributed by atoms with E-state index in [4.69, 9.17) is 14.0 Å². The predicted molar refractivity (Wildman–Crippen MR) is 133 cm³/mol. The van der Waals surface area contributed by atoms with Gasteiger partial charge in [0.25, 0.3) is 0 Å². The summed E-state index contributed by atoms with van der Waals surface area (Å²) in [5.41, 5.74) is 0.896. The van der Waals surface area contributed by atoms with Gasteiger partial charge in [-0.25, -0.2) is 0 Å². The van der Waals surface area contributed by atoms with Crippen LogP contribution in [0.3, 0.4) is 0 Å². The monoisotopic (exact) mass is 499 g/mol. The van der Waals surface area contributed by atoms with E-state index in [9.17, 15) is 9.59 Å². The van der Waals surface area contributed by atoms with Gasteiger partial charge in [-0.2, -0.15) is 4.98 Å². The van der Waals surface area contributed by atoms with Crippen LogP contribution in [0, 0.1) is 5.92 Å². The van der Waals surface area contributed by atoms with Crippen molar-refractivity contribution in [1.29, 1.82) is 0 Å². The predicted octanol–water partition coefficient (Wildman–Crippen LogP) is 2.16. The summed E-state index contributed by atoms with van der Waals surface area (Å²) in [7, 11) is 3.18. The van der Waals surface area contributed by atoms with E-state index >= 15 is 0 Å². The number of aryl methyl sites for hydroxylation is 1. The highest BCUT2D eigenvalue weighted by atomic mass is 16.5. The molecule has 0 bridgehead atoms. The first-order chi connectivity index (χ1) is 17.4. The second-order valence-electron chi connectivity index (χ2n) is 9.69. The molecule has 2 saturated heterocycles. The summed E-state index contributed by atoms with van der Waals surface area (Å²) in [5.74, 6) is 3.35. The van der Waals surface area contributed by atoms with Crippen LogP contribution in [0.25, 0.3) is 0 Å². The molecule has 3 heterocycles. The molecule has 10 nitrogen and oxygen atoms in total. The number of piperazine rings is 1. The van der Waals surface area contributed by atoms with Gasteiger partial charge >= 0.3 is 0 Å². The van der Waals surface area contributed by atoms with Gasteiger partial charge in [-0.3, -0.25) is 14.5 Å². The Labute approximate surface area is 212 Å². The Morgan fingerprint density at radius 1 is 0.972 bits per heavy atom. The summed E-state index contributed by atoms with van der Waals surface area (Å²) < 4.78 is 16.0. The molecule has 0 aliphatic carbocycles. The normalized spacial score (nSPS) is 17.3. The lowest BCUT2D eigenvalue weighted by Gasteiger charge is -2.34. The first-order valence-electron chi connectivity index (χ1n) is 12.8. The highest BCUT2D eigenvalue weighted by Crippen LogP contribution is 2.28. The number of benzene rings is 1. The number of piperidine rings is 1. The molecule has 4 rings (SSSR count). The van der Waals surface area contributed by atoms with Crippen LogP contribution in [0.5, 0.6) is 11.5 Å². The van der Waals surface area contributed by atoms with Crippen LogP contribution in [0.15, 0.2) is 22.7 Å².